The minimum atomic E-state index is -0.990. The van der Waals surface area contributed by atoms with E-state index < -0.39 is 5.97 Å². The van der Waals surface area contributed by atoms with Gasteiger partial charge in [-0.25, -0.2) is 10.2 Å². The van der Waals surface area contributed by atoms with Crippen molar-refractivity contribution >= 4 is 18.1 Å². The molecule has 0 atom stereocenters. The number of nitrogens with one attached hydrogen (secondary N) is 1. The van der Waals surface area contributed by atoms with E-state index in [1.807, 2.05) is 32.9 Å². The van der Waals surface area contributed by atoms with Gasteiger partial charge in [0.25, 0.3) is 5.91 Å². The molecule has 0 radical (unpaired) electrons. The summed E-state index contributed by atoms with van der Waals surface area (Å²) in [6.45, 7) is 5.73. The lowest BCUT2D eigenvalue weighted by atomic mass is 10.1. The van der Waals surface area contributed by atoms with Crippen LogP contribution >= 0.6 is 0 Å². The van der Waals surface area contributed by atoms with E-state index >= 15 is 0 Å². The highest BCUT2D eigenvalue weighted by Gasteiger charge is 2.08. The van der Waals surface area contributed by atoms with Crippen molar-refractivity contribution in [3.63, 3.8) is 0 Å². The fraction of sp³-hybridized carbons (Fsp3) is 0.211. The number of nitrogens with zero attached hydrogens (tertiary/aromatic N) is 1. The number of benzene rings is 2. The van der Waals surface area contributed by atoms with Crippen molar-refractivity contribution in [2.24, 2.45) is 5.10 Å². The summed E-state index contributed by atoms with van der Waals surface area (Å²) in [5, 5.41) is 12.7. The van der Waals surface area contributed by atoms with Crippen LogP contribution in [0.4, 0.5) is 0 Å². The molecule has 0 bridgehead atoms. The number of carboxylic acids is 1. The van der Waals surface area contributed by atoms with Crippen LogP contribution in [0.5, 0.6) is 5.75 Å². The topological polar surface area (TPSA) is 88.0 Å². The van der Waals surface area contributed by atoms with Gasteiger partial charge in [-0.15, -0.1) is 0 Å². The Labute approximate surface area is 146 Å². The van der Waals surface area contributed by atoms with Gasteiger partial charge >= 0.3 is 5.97 Å². The largest absolute Gasteiger partial charge is 0.483 e. The van der Waals surface area contributed by atoms with Gasteiger partial charge in [0.15, 0.2) is 6.61 Å². The van der Waals surface area contributed by atoms with Crippen molar-refractivity contribution in [2.45, 2.75) is 20.8 Å². The number of rotatable bonds is 6. The highest BCUT2D eigenvalue weighted by Crippen LogP contribution is 2.25. The van der Waals surface area contributed by atoms with Crippen LogP contribution in [0.2, 0.25) is 0 Å². The molecule has 2 rings (SSSR count). The molecule has 0 saturated heterocycles. The first-order valence-corrected chi connectivity index (χ1v) is 7.73. The number of aryl methyl sites for hydroxylation is 2. The summed E-state index contributed by atoms with van der Waals surface area (Å²) in [4.78, 5) is 22.6. The number of carboxylic acid groups (broad SMARTS) is 1. The van der Waals surface area contributed by atoms with E-state index in [1.54, 1.807) is 12.1 Å². The van der Waals surface area contributed by atoms with E-state index in [2.05, 4.69) is 10.5 Å². The quantitative estimate of drug-likeness (QED) is 0.625. The highest BCUT2D eigenvalue weighted by molar-refractivity contribution is 5.89. The number of hydrogen-bond donors (Lipinski definition) is 2. The zero-order chi connectivity index (χ0) is 18.4. The standard InChI is InChI=1S/C19H20N2O4/c1-12-4-5-13(2)18(14(12)3)25-11-17(22)21-20-10-15-6-8-16(9-7-15)19(23)24/h4-10H,11H2,1-3H3,(H,21,22)(H,23,24)/b20-10+. The lowest BCUT2D eigenvalue weighted by Crippen LogP contribution is -2.25. The molecule has 0 saturated carbocycles. The van der Waals surface area contributed by atoms with Gasteiger partial charge in [0.05, 0.1) is 11.8 Å². The van der Waals surface area contributed by atoms with Gasteiger partial charge in [-0.1, -0.05) is 24.3 Å². The summed E-state index contributed by atoms with van der Waals surface area (Å²) in [7, 11) is 0. The first-order valence-electron chi connectivity index (χ1n) is 7.73. The molecule has 0 heterocycles. The minimum absolute atomic E-state index is 0.138. The molecule has 1 amide bonds. The summed E-state index contributed by atoms with van der Waals surface area (Å²) < 4.78 is 5.60. The Morgan fingerprint density at radius 2 is 1.72 bits per heavy atom. The maximum atomic E-state index is 11.8. The summed E-state index contributed by atoms with van der Waals surface area (Å²) in [5.74, 6) is -0.655. The first kappa shape index (κ1) is 18.2. The smallest absolute Gasteiger partial charge is 0.335 e. The average Bonchev–Trinajstić information content (AvgIpc) is 2.59. The molecule has 0 unspecified atom stereocenters. The van der Waals surface area contributed by atoms with Crippen LogP contribution in [0.15, 0.2) is 41.5 Å². The number of hydrogen-bond acceptors (Lipinski definition) is 4. The summed E-state index contributed by atoms with van der Waals surface area (Å²) in [5.41, 5.74) is 6.33. The zero-order valence-electron chi connectivity index (χ0n) is 14.4. The van der Waals surface area contributed by atoms with Gasteiger partial charge in [-0.2, -0.15) is 5.10 Å². The molecule has 0 spiro atoms. The molecule has 0 aromatic heterocycles. The molecule has 6 heteroatoms. The maximum Gasteiger partial charge on any atom is 0.335 e. The fourth-order valence-electron chi connectivity index (χ4n) is 2.21. The molecular formula is C19H20N2O4. The number of ether oxygens (including phenoxy) is 1. The SMILES string of the molecule is Cc1ccc(C)c(OCC(=O)N/N=C/c2ccc(C(=O)O)cc2)c1C. The van der Waals surface area contributed by atoms with Gasteiger partial charge in [-0.05, 0) is 55.2 Å². The molecule has 2 aromatic carbocycles. The third kappa shape index (κ3) is 4.91. The summed E-state index contributed by atoms with van der Waals surface area (Å²) >= 11 is 0. The molecule has 130 valence electrons. The van der Waals surface area contributed by atoms with Crippen LogP contribution in [0, 0.1) is 20.8 Å². The predicted octanol–water partition coefficient (Wildman–Crippen LogP) is 2.84. The fourth-order valence-corrected chi connectivity index (χ4v) is 2.21. The number of amides is 1. The monoisotopic (exact) mass is 340 g/mol. The molecule has 0 aliphatic heterocycles. The second kappa shape index (κ2) is 8.10. The van der Waals surface area contributed by atoms with E-state index in [-0.39, 0.29) is 18.1 Å². The van der Waals surface area contributed by atoms with E-state index in [0.717, 1.165) is 16.7 Å². The van der Waals surface area contributed by atoms with Gasteiger partial charge in [-0.3, -0.25) is 4.79 Å². The van der Waals surface area contributed by atoms with Crippen molar-refractivity contribution in [1.29, 1.82) is 0 Å². The number of carbonyl (C=O) groups is 2. The Hall–Kier alpha value is -3.15. The van der Waals surface area contributed by atoms with Gasteiger partial charge in [0, 0.05) is 0 Å². The maximum absolute atomic E-state index is 11.8. The number of hydrazone groups is 1. The Balaban J connectivity index is 1.89. The molecule has 0 aliphatic rings. The van der Waals surface area contributed by atoms with E-state index in [9.17, 15) is 9.59 Å². The second-order valence-electron chi connectivity index (χ2n) is 5.66. The van der Waals surface area contributed by atoms with E-state index in [4.69, 9.17) is 9.84 Å². The van der Waals surface area contributed by atoms with Crippen molar-refractivity contribution in [1.82, 2.24) is 5.43 Å². The molecular weight excluding hydrogens is 320 g/mol. The molecule has 2 N–H and O–H groups in total. The second-order valence-corrected chi connectivity index (χ2v) is 5.66. The number of carbonyl (C=O) groups excluding carboxylic acids is 1. The van der Waals surface area contributed by atoms with Crippen molar-refractivity contribution in [2.75, 3.05) is 6.61 Å². The van der Waals surface area contributed by atoms with Crippen LogP contribution in [-0.4, -0.2) is 29.8 Å². The molecule has 0 fully saturated rings. The number of aromatic carboxylic acids is 1. The van der Waals surface area contributed by atoms with Crippen molar-refractivity contribution in [3.05, 3.63) is 64.2 Å². The zero-order valence-corrected chi connectivity index (χ0v) is 14.4. The predicted molar refractivity (Wildman–Crippen MR) is 95.3 cm³/mol. The Bertz CT molecular complexity index is 811. The van der Waals surface area contributed by atoms with Crippen LogP contribution in [-0.2, 0) is 4.79 Å². The Morgan fingerprint density at radius 3 is 2.36 bits per heavy atom. The third-order valence-electron chi connectivity index (χ3n) is 3.78. The lowest BCUT2D eigenvalue weighted by Gasteiger charge is -2.13. The van der Waals surface area contributed by atoms with Crippen LogP contribution in [0.3, 0.4) is 0 Å². The Kier molecular flexibility index (Phi) is 5.89. The minimum Gasteiger partial charge on any atom is -0.483 e. The summed E-state index contributed by atoms with van der Waals surface area (Å²) in [6, 6.07) is 10.1. The molecule has 2 aromatic rings. The molecule has 6 nitrogen and oxygen atoms in total. The van der Waals surface area contributed by atoms with E-state index in [1.165, 1.54) is 18.3 Å². The first-order chi connectivity index (χ1) is 11.9. The van der Waals surface area contributed by atoms with Crippen molar-refractivity contribution < 1.29 is 19.4 Å². The Morgan fingerprint density at radius 1 is 1.08 bits per heavy atom. The van der Waals surface area contributed by atoms with Crippen molar-refractivity contribution in [3.8, 4) is 5.75 Å². The lowest BCUT2D eigenvalue weighted by molar-refractivity contribution is -0.123. The normalized spacial score (nSPS) is 10.7. The summed E-state index contributed by atoms with van der Waals surface area (Å²) in [6.07, 6.45) is 1.44. The molecule has 25 heavy (non-hydrogen) atoms. The van der Waals surface area contributed by atoms with Crippen LogP contribution < -0.4 is 10.2 Å². The van der Waals surface area contributed by atoms with Crippen LogP contribution in [0.1, 0.15) is 32.6 Å². The van der Waals surface area contributed by atoms with Gasteiger partial charge in [0.2, 0.25) is 0 Å². The highest BCUT2D eigenvalue weighted by atomic mass is 16.5. The molecule has 0 aliphatic carbocycles. The van der Waals surface area contributed by atoms with E-state index in [0.29, 0.717) is 11.3 Å². The van der Waals surface area contributed by atoms with Crippen LogP contribution in [0.25, 0.3) is 0 Å². The van der Waals surface area contributed by atoms with Gasteiger partial charge < -0.3 is 9.84 Å². The average molecular weight is 340 g/mol. The van der Waals surface area contributed by atoms with Gasteiger partial charge in [0.1, 0.15) is 5.75 Å². The third-order valence-corrected chi connectivity index (χ3v) is 3.78.